The van der Waals surface area contributed by atoms with Crippen LogP contribution in [0.15, 0.2) is 109 Å². The Morgan fingerprint density at radius 3 is 1.53 bits per heavy atom. The molecule has 0 saturated carbocycles. The van der Waals surface area contributed by atoms with Crippen molar-refractivity contribution >= 4 is 17.3 Å². The summed E-state index contributed by atoms with van der Waals surface area (Å²) in [6.45, 7) is 6.61. The molecule has 2 aromatic heterocycles. The first-order chi connectivity index (χ1) is 22.1. The van der Waals surface area contributed by atoms with Gasteiger partial charge in [0, 0.05) is 22.7 Å². The van der Waals surface area contributed by atoms with E-state index in [1.165, 1.54) is 22.3 Å². The number of methoxy groups -OCH3 is 1. The number of anilines is 3. The van der Waals surface area contributed by atoms with E-state index in [-0.39, 0.29) is 5.92 Å². The topological polar surface area (TPSA) is 48.1 Å². The Bertz CT molecular complexity index is 1810. The van der Waals surface area contributed by atoms with E-state index in [0.717, 1.165) is 71.5 Å². The summed E-state index contributed by atoms with van der Waals surface area (Å²) in [5.41, 5.74) is 10.3. The van der Waals surface area contributed by atoms with Crippen LogP contribution in [-0.4, -0.2) is 26.7 Å². The first-order valence-corrected chi connectivity index (χ1v) is 16.0. The van der Waals surface area contributed by atoms with Gasteiger partial charge >= 0.3 is 0 Å². The number of hydrogen-bond acceptors (Lipinski definition) is 4. The predicted molar refractivity (Wildman–Crippen MR) is 182 cm³/mol. The van der Waals surface area contributed by atoms with Gasteiger partial charge in [0.15, 0.2) is 0 Å². The third-order valence-electron chi connectivity index (χ3n) is 8.66. The van der Waals surface area contributed by atoms with Crippen molar-refractivity contribution in [1.82, 2.24) is 19.6 Å². The van der Waals surface area contributed by atoms with Crippen molar-refractivity contribution in [3.8, 4) is 17.1 Å². The van der Waals surface area contributed by atoms with Gasteiger partial charge in [-0.25, -0.2) is 9.36 Å². The summed E-state index contributed by atoms with van der Waals surface area (Å²) in [6.07, 6.45) is 3.75. The Hall–Kier alpha value is -5.10. The number of fused-ring (bicyclic) bond motifs is 2. The summed E-state index contributed by atoms with van der Waals surface area (Å²) in [5, 5.41) is 10.8. The van der Waals surface area contributed by atoms with Crippen molar-refractivity contribution in [2.75, 3.05) is 12.0 Å². The first kappa shape index (κ1) is 28.7. The quantitative estimate of drug-likeness (QED) is 0.167. The second kappa shape index (κ2) is 12.1. The maximum atomic E-state index is 5.59. The van der Waals surface area contributed by atoms with Crippen LogP contribution in [0.25, 0.3) is 11.4 Å². The first-order valence-electron chi connectivity index (χ1n) is 16.0. The smallest absolute Gasteiger partial charge is 0.147 e. The van der Waals surface area contributed by atoms with Crippen molar-refractivity contribution in [3.05, 3.63) is 143 Å². The fourth-order valence-electron chi connectivity index (χ4n) is 6.61. The summed E-state index contributed by atoms with van der Waals surface area (Å²) < 4.78 is 9.90. The highest BCUT2D eigenvalue weighted by molar-refractivity contribution is 5.85. The molecular formula is C39H39N5O. The van der Waals surface area contributed by atoms with Crippen LogP contribution in [0.4, 0.5) is 17.3 Å². The molecule has 6 nitrogen and oxygen atoms in total. The third-order valence-corrected chi connectivity index (χ3v) is 8.66. The highest BCUT2D eigenvalue weighted by Gasteiger charge is 2.43. The Morgan fingerprint density at radius 1 is 0.600 bits per heavy atom. The molecule has 4 aromatic carbocycles. The second-order valence-electron chi connectivity index (χ2n) is 11.7. The number of benzene rings is 4. The van der Waals surface area contributed by atoms with Crippen molar-refractivity contribution in [3.63, 3.8) is 0 Å². The van der Waals surface area contributed by atoms with Crippen LogP contribution in [0.2, 0.25) is 0 Å². The van der Waals surface area contributed by atoms with Gasteiger partial charge in [-0.2, -0.15) is 10.2 Å². The normalized spacial score (nSPS) is 12.7. The molecular weight excluding hydrogens is 554 g/mol. The molecule has 0 fully saturated rings. The Morgan fingerprint density at radius 2 is 1.09 bits per heavy atom. The Kier molecular flexibility index (Phi) is 7.72. The summed E-state index contributed by atoms with van der Waals surface area (Å²) in [4.78, 5) is 2.41. The van der Waals surface area contributed by atoms with Crippen LogP contribution in [0.1, 0.15) is 66.2 Å². The van der Waals surface area contributed by atoms with E-state index in [1.807, 2.05) is 0 Å². The van der Waals surface area contributed by atoms with Gasteiger partial charge in [0.05, 0.1) is 29.9 Å². The van der Waals surface area contributed by atoms with Crippen LogP contribution < -0.4 is 9.64 Å². The fourth-order valence-corrected chi connectivity index (χ4v) is 6.61. The molecule has 6 aromatic rings. The van der Waals surface area contributed by atoms with Crippen LogP contribution in [0, 0.1) is 6.92 Å². The van der Waals surface area contributed by atoms with E-state index in [0.29, 0.717) is 0 Å². The number of rotatable bonds is 9. The highest BCUT2D eigenvalue weighted by atomic mass is 16.5. The lowest BCUT2D eigenvalue weighted by atomic mass is 9.80. The maximum Gasteiger partial charge on any atom is 0.147 e. The summed E-state index contributed by atoms with van der Waals surface area (Å²) in [7, 11) is 1.72. The molecule has 1 aliphatic rings. The molecule has 0 amide bonds. The zero-order valence-corrected chi connectivity index (χ0v) is 26.4. The lowest BCUT2D eigenvalue weighted by molar-refractivity contribution is 0.414. The number of aryl methyl sites for hydroxylation is 3. The van der Waals surface area contributed by atoms with Gasteiger partial charge < -0.3 is 4.74 Å². The van der Waals surface area contributed by atoms with Gasteiger partial charge in [-0.1, -0.05) is 92.9 Å². The second-order valence-corrected chi connectivity index (χ2v) is 11.7. The maximum absolute atomic E-state index is 5.59. The summed E-state index contributed by atoms with van der Waals surface area (Å²) in [6, 6.07) is 38.4. The zero-order valence-electron chi connectivity index (χ0n) is 26.4. The van der Waals surface area contributed by atoms with Gasteiger partial charge in [0.25, 0.3) is 0 Å². The number of para-hydroxylation sites is 2. The Labute approximate surface area is 265 Å². The fraction of sp³-hybridized carbons (Fsp3) is 0.231. The largest absolute Gasteiger partial charge is 0.497 e. The van der Waals surface area contributed by atoms with Crippen LogP contribution in [0.5, 0.6) is 5.75 Å². The lowest BCUT2D eigenvalue weighted by Crippen LogP contribution is -2.26. The molecule has 0 bridgehead atoms. The molecule has 1 aliphatic heterocycles. The zero-order chi connectivity index (χ0) is 30.9. The monoisotopic (exact) mass is 593 g/mol. The average Bonchev–Trinajstić information content (AvgIpc) is 3.65. The van der Waals surface area contributed by atoms with Gasteiger partial charge in [0.1, 0.15) is 17.4 Å². The van der Waals surface area contributed by atoms with Crippen molar-refractivity contribution < 1.29 is 4.74 Å². The average molecular weight is 594 g/mol. The standard InChI is InChI=1S/C39H39N5O/c1-5-13-33-36-35(28-21-25-32(45-4)26-22-28)37-34(14-6-2)41-44(31-17-11-8-12-18-31)39(37)42(29-23-19-27(3)20-24-29)38(36)43(40-33)30-15-9-7-10-16-30/h7-12,15-26,35H,5-6,13-14H2,1-4H3. The van der Waals surface area contributed by atoms with E-state index >= 15 is 0 Å². The molecule has 0 spiro atoms. The molecule has 0 atom stereocenters. The molecule has 3 heterocycles. The van der Waals surface area contributed by atoms with Crippen LogP contribution in [0.3, 0.4) is 0 Å². The van der Waals surface area contributed by atoms with E-state index in [1.54, 1.807) is 7.11 Å². The van der Waals surface area contributed by atoms with Crippen LogP contribution >= 0.6 is 0 Å². The minimum atomic E-state index is -0.0550. The minimum Gasteiger partial charge on any atom is -0.497 e. The van der Waals surface area contributed by atoms with E-state index < -0.39 is 0 Å². The lowest BCUT2D eigenvalue weighted by Gasteiger charge is -2.36. The summed E-state index contributed by atoms with van der Waals surface area (Å²) >= 11 is 0. The Balaban J connectivity index is 1.64. The van der Waals surface area contributed by atoms with Gasteiger partial charge in [0.2, 0.25) is 0 Å². The molecule has 0 saturated heterocycles. The molecule has 45 heavy (non-hydrogen) atoms. The van der Waals surface area contributed by atoms with Crippen LogP contribution in [-0.2, 0) is 12.8 Å². The van der Waals surface area contributed by atoms with Crippen molar-refractivity contribution in [2.24, 2.45) is 0 Å². The van der Waals surface area contributed by atoms with E-state index in [4.69, 9.17) is 14.9 Å². The van der Waals surface area contributed by atoms with Crippen molar-refractivity contribution in [1.29, 1.82) is 0 Å². The number of hydrogen-bond donors (Lipinski definition) is 0. The number of ether oxygens (including phenoxy) is 1. The predicted octanol–water partition coefficient (Wildman–Crippen LogP) is 9.24. The van der Waals surface area contributed by atoms with Crippen molar-refractivity contribution in [2.45, 2.75) is 52.4 Å². The van der Waals surface area contributed by atoms with E-state index in [9.17, 15) is 0 Å². The molecule has 6 heteroatoms. The molecule has 0 unspecified atom stereocenters. The third kappa shape index (κ3) is 5.00. The van der Waals surface area contributed by atoms with Gasteiger partial charge in [-0.15, -0.1) is 0 Å². The molecule has 226 valence electrons. The molecule has 7 rings (SSSR count). The number of nitrogens with zero attached hydrogens (tertiary/aromatic N) is 5. The molecule has 0 aliphatic carbocycles. The van der Waals surface area contributed by atoms with E-state index in [2.05, 4.69) is 144 Å². The molecule has 0 N–H and O–H groups in total. The van der Waals surface area contributed by atoms with Gasteiger partial charge in [-0.05, 0) is 73.9 Å². The molecule has 0 radical (unpaired) electrons. The number of aromatic nitrogens is 4. The van der Waals surface area contributed by atoms with Gasteiger partial charge in [-0.3, -0.25) is 4.90 Å². The minimum absolute atomic E-state index is 0.0550. The summed E-state index contributed by atoms with van der Waals surface area (Å²) in [5.74, 6) is 2.91. The SMILES string of the molecule is CCCc1nn(-c2ccccc2)c2c1C(c1ccc(OC)cc1)c1c(CCC)nn(-c3ccccc3)c1N2c1ccc(C)cc1. The highest BCUT2D eigenvalue weighted by Crippen LogP contribution is 2.55.